The SMILES string of the molecule is Cc1nnc(N2CCN(C(=O)Nc3ccc(Cl)cc3)CC2)c2nn(-c3ccccc3)c(C)c12. The van der Waals surface area contributed by atoms with Crippen LogP contribution in [0.25, 0.3) is 16.6 Å². The highest BCUT2D eigenvalue weighted by Gasteiger charge is 2.26. The lowest BCUT2D eigenvalue weighted by Crippen LogP contribution is -2.50. The molecule has 1 fully saturated rings. The molecule has 0 spiro atoms. The standard InChI is InChI=1S/C24H24ClN7O/c1-16-21-17(2)32(20-6-4-3-5-7-20)29-22(21)23(28-27-16)30-12-14-31(15-13-30)24(33)26-19-10-8-18(25)9-11-19/h3-11H,12-15H2,1-2H3,(H,26,33). The lowest BCUT2D eigenvalue weighted by Gasteiger charge is -2.35. The molecule has 0 aliphatic carbocycles. The number of hydrogen-bond donors (Lipinski definition) is 1. The largest absolute Gasteiger partial charge is 0.350 e. The predicted molar refractivity (Wildman–Crippen MR) is 130 cm³/mol. The molecule has 0 atom stereocenters. The number of benzene rings is 2. The van der Waals surface area contributed by atoms with Crippen LogP contribution in [0.5, 0.6) is 0 Å². The van der Waals surface area contributed by atoms with Gasteiger partial charge in [-0.1, -0.05) is 29.8 Å². The number of nitrogens with zero attached hydrogens (tertiary/aromatic N) is 6. The van der Waals surface area contributed by atoms with Gasteiger partial charge in [-0.2, -0.15) is 10.2 Å². The number of aromatic nitrogens is 4. The normalized spacial score (nSPS) is 14.0. The summed E-state index contributed by atoms with van der Waals surface area (Å²) in [6.07, 6.45) is 0. The predicted octanol–water partition coefficient (Wildman–Crippen LogP) is 4.44. The van der Waals surface area contributed by atoms with Gasteiger partial charge >= 0.3 is 6.03 Å². The highest BCUT2D eigenvalue weighted by atomic mass is 35.5. The molecular weight excluding hydrogens is 438 g/mol. The van der Waals surface area contributed by atoms with E-state index in [1.165, 1.54) is 0 Å². The second-order valence-corrected chi connectivity index (χ2v) is 8.51. The van der Waals surface area contributed by atoms with Gasteiger partial charge in [0.05, 0.1) is 22.5 Å². The van der Waals surface area contributed by atoms with Gasteiger partial charge in [0, 0.05) is 36.9 Å². The maximum absolute atomic E-state index is 12.7. The highest BCUT2D eigenvalue weighted by Crippen LogP contribution is 2.29. The van der Waals surface area contributed by atoms with Gasteiger partial charge in [0.15, 0.2) is 5.82 Å². The summed E-state index contributed by atoms with van der Waals surface area (Å²) < 4.78 is 1.94. The van der Waals surface area contributed by atoms with Crippen molar-refractivity contribution in [1.29, 1.82) is 0 Å². The molecule has 0 unspecified atom stereocenters. The van der Waals surface area contributed by atoms with Gasteiger partial charge in [-0.3, -0.25) is 0 Å². The number of carbonyl (C=O) groups is 1. The number of amides is 2. The smallest absolute Gasteiger partial charge is 0.321 e. The number of para-hydroxylation sites is 1. The Labute approximate surface area is 196 Å². The highest BCUT2D eigenvalue weighted by molar-refractivity contribution is 6.30. The van der Waals surface area contributed by atoms with Crippen molar-refractivity contribution in [3.63, 3.8) is 0 Å². The van der Waals surface area contributed by atoms with E-state index in [0.717, 1.165) is 39.5 Å². The number of carbonyl (C=O) groups excluding carboxylic acids is 1. The first kappa shape index (κ1) is 21.2. The molecule has 1 N–H and O–H groups in total. The summed E-state index contributed by atoms with van der Waals surface area (Å²) in [7, 11) is 0. The van der Waals surface area contributed by atoms with E-state index in [0.29, 0.717) is 31.2 Å². The number of rotatable bonds is 3. The molecule has 9 heteroatoms. The summed E-state index contributed by atoms with van der Waals surface area (Å²) in [5.74, 6) is 0.756. The molecule has 2 aromatic carbocycles. The molecule has 8 nitrogen and oxygen atoms in total. The first-order valence-electron chi connectivity index (χ1n) is 10.9. The molecule has 0 bridgehead atoms. The molecule has 0 radical (unpaired) electrons. The lowest BCUT2D eigenvalue weighted by molar-refractivity contribution is 0.208. The first-order valence-corrected chi connectivity index (χ1v) is 11.2. The number of halogens is 1. The van der Waals surface area contributed by atoms with Crippen LogP contribution in [0.4, 0.5) is 16.3 Å². The monoisotopic (exact) mass is 461 g/mol. The number of urea groups is 1. The fourth-order valence-electron chi connectivity index (χ4n) is 4.20. The fraction of sp³-hybridized carbons (Fsp3) is 0.250. The van der Waals surface area contributed by atoms with E-state index >= 15 is 0 Å². The van der Waals surface area contributed by atoms with Gasteiger partial charge in [0.25, 0.3) is 0 Å². The van der Waals surface area contributed by atoms with Crippen molar-refractivity contribution in [2.45, 2.75) is 13.8 Å². The summed E-state index contributed by atoms with van der Waals surface area (Å²) in [5, 5.41) is 18.4. The van der Waals surface area contributed by atoms with Crippen molar-refractivity contribution in [2.24, 2.45) is 0 Å². The Morgan fingerprint density at radius 1 is 0.939 bits per heavy atom. The van der Waals surface area contributed by atoms with E-state index < -0.39 is 0 Å². The van der Waals surface area contributed by atoms with Crippen LogP contribution < -0.4 is 10.2 Å². The van der Waals surface area contributed by atoms with Crippen molar-refractivity contribution in [3.8, 4) is 5.69 Å². The van der Waals surface area contributed by atoms with Crippen LogP contribution in [0.15, 0.2) is 54.6 Å². The molecule has 1 aliphatic heterocycles. The van der Waals surface area contributed by atoms with Crippen LogP contribution >= 0.6 is 11.6 Å². The van der Waals surface area contributed by atoms with Crippen LogP contribution in [0.2, 0.25) is 5.02 Å². The molecule has 1 saturated heterocycles. The Morgan fingerprint density at radius 2 is 1.64 bits per heavy atom. The zero-order chi connectivity index (χ0) is 22.9. The summed E-state index contributed by atoms with van der Waals surface area (Å²) in [6.45, 7) is 6.47. The minimum absolute atomic E-state index is 0.124. The van der Waals surface area contributed by atoms with E-state index in [9.17, 15) is 4.79 Å². The van der Waals surface area contributed by atoms with Gasteiger partial charge in [0.2, 0.25) is 0 Å². The minimum Gasteiger partial charge on any atom is -0.350 e. The zero-order valence-corrected chi connectivity index (χ0v) is 19.3. The van der Waals surface area contributed by atoms with E-state index in [-0.39, 0.29) is 6.03 Å². The number of anilines is 2. The van der Waals surface area contributed by atoms with Crippen LogP contribution in [0.3, 0.4) is 0 Å². The summed E-state index contributed by atoms with van der Waals surface area (Å²) in [5.41, 5.74) is 4.45. The number of piperazine rings is 1. The van der Waals surface area contributed by atoms with E-state index in [4.69, 9.17) is 16.7 Å². The van der Waals surface area contributed by atoms with Crippen molar-refractivity contribution >= 4 is 40.0 Å². The minimum atomic E-state index is -0.124. The number of fused-ring (bicyclic) bond motifs is 1. The van der Waals surface area contributed by atoms with E-state index in [1.807, 2.05) is 41.9 Å². The maximum atomic E-state index is 12.7. The zero-order valence-electron chi connectivity index (χ0n) is 18.5. The average Bonchev–Trinajstić information content (AvgIpc) is 3.19. The van der Waals surface area contributed by atoms with E-state index in [1.54, 1.807) is 29.2 Å². The molecule has 5 rings (SSSR count). The first-order chi connectivity index (χ1) is 16.0. The number of aryl methyl sites for hydroxylation is 2. The summed E-state index contributed by atoms with van der Waals surface area (Å²) in [4.78, 5) is 16.6. The Bertz CT molecular complexity index is 1300. The Morgan fingerprint density at radius 3 is 2.33 bits per heavy atom. The number of nitrogens with one attached hydrogen (secondary N) is 1. The molecule has 4 aromatic rings. The second-order valence-electron chi connectivity index (χ2n) is 8.08. The molecule has 168 valence electrons. The van der Waals surface area contributed by atoms with Gasteiger partial charge < -0.3 is 15.1 Å². The third kappa shape index (κ3) is 4.09. The Balaban J connectivity index is 1.36. The molecule has 2 aromatic heterocycles. The molecular formula is C24H24ClN7O. The van der Waals surface area contributed by atoms with Gasteiger partial charge in [0.1, 0.15) is 5.52 Å². The van der Waals surface area contributed by atoms with E-state index in [2.05, 4.69) is 27.3 Å². The third-order valence-corrected chi connectivity index (χ3v) is 6.20. The van der Waals surface area contributed by atoms with Gasteiger partial charge in [-0.05, 0) is 50.2 Å². The van der Waals surface area contributed by atoms with Crippen LogP contribution in [-0.2, 0) is 0 Å². The second kappa shape index (κ2) is 8.71. The van der Waals surface area contributed by atoms with Crippen LogP contribution in [0.1, 0.15) is 11.4 Å². The summed E-state index contributed by atoms with van der Waals surface area (Å²) in [6, 6.07) is 17.0. The van der Waals surface area contributed by atoms with Crippen molar-refractivity contribution in [1.82, 2.24) is 24.9 Å². The molecule has 2 amide bonds. The molecule has 3 heterocycles. The van der Waals surface area contributed by atoms with Crippen molar-refractivity contribution in [2.75, 3.05) is 36.4 Å². The van der Waals surface area contributed by atoms with Crippen LogP contribution in [-0.4, -0.2) is 57.1 Å². The maximum Gasteiger partial charge on any atom is 0.321 e. The van der Waals surface area contributed by atoms with Crippen LogP contribution in [0, 0.1) is 13.8 Å². The summed E-state index contributed by atoms with van der Waals surface area (Å²) >= 11 is 5.92. The van der Waals surface area contributed by atoms with Crippen molar-refractivity contribution in [3.05, 3.63) is 71.0 Å². The third-order valence-electron chi connectivity index (χ3n) is 5.95. The average molecular weight is 462 g/mol. The quantitative estimate of drug-likeness (QED) is 0.488. The van der Waals surface area contributed by atoms with Crippen molar-refractivity contribution < 1.29 is 4.79 Å². The topological polar surface area (TPSA) is 79.2 Å². The Kier molecular flexibility index (Phi) is 5.60. The van der Waals surface area contributed by atoms with Gasteiger partial charge in [-0.15, -0.1) is 5.10 Å². The molecule has 1 aliphatic rings. The molecule has 33 heavy (non-hydrogen) atoms. The number of hydrogen-bond acceptors (Lipinski definition) is 5. The Hall–Kier alpha value is -3.65. The van der Waals surface area contributed by atoms with Gasteiger partial charge in [-0.25, -0.2) is 9.48 Å². The lowest BCUT2D eigenvalue weighted by atomic mass is 10.2. The fourth-order valence-corrected chi connectivity index (χ4v) is 4.33. The molecule has 0 saturated carbocycles.